The molecule has 1 atom stereocenters. The molecule has 16 heavy (non-hydrogen) atoms. The Morgan fingerprint density at radius 2 is 2.19 bits per heavy atom. The van der Waals surface area contributed by atoms with Gasteiger partial charge < -0.3 is 5.32 Å². The van der Waals surface area contributed by atoms with E-state index < -0.39 is 0 Å². The van der Waals surface area contributed by atoms with Gasteiger partial charge in [0.1, 0.15) is 0 Å². The lowest BCUT2D eigenvalue weighted by Gasteiger charge is -2.11. The van der Waals surface area contributed by atoms with Crippen molar-refractivity contribution in [2.45, 2.75) is 33.1 Å². The first-order chi connectivity index (χ1) is 7.72. The zero-order valence-corrected chi connectivity index (χ0v) is 11.8. The van der Waals surface area contributed by atoms with Crippen LogP contribution in [0.15, 0.2) is 22.8 Å². The number of pyridine rings is 1. The van der Waals surface area contributed by atoms with Gasteiger partial charge in [0, 0.05) is 16.4 Å². The smallest absolute Gasteiger partial charge is 0.0413 e. The first kappa shape index (κ1) is 13.7. The fourth-order valence-electron chi connectivity index (χ4n) is 1.64. The molecule has 0 bridgehead atoms. The molecule has 0 spiro atoms. The van der Waals surface area contributed by atoms with Gasteiger partial charge in [0.25, 0.3) is 0 Å². The van der Waals surface area contributed by atoms with Gasteiger partial charge in [-0.05, 0) is 66.3 Å². The molecule has 0 aliphatic carbocycles. The van der Waals surface area contributed by atoms with Crippen molar-refractivity contribution in [3.63, 3.8) is 0 Å². The van der Waals surface area contributed by atoms with Crippen LogP contribution in [0.5, 0.6) is 0 Å². The SMILES string of the molecule is CCCNCCC(C)Cc1ccc(Br)cn1. The Morgan fingerprint density at radius 1 is 1.38 bits per heavy atom. The van der Waals surface area contributed by atoms with Crippen LogP contribution in [0.1, 0.15) is 32.4 Å². The fourth-order valence-corrected chi connectivity index (χ4v) is 1.87. The second-order valence-electron chi connectivity index (χ2n) is 4.32. The third kappa shape index (κ3) is 5.61. The van der Waals surface area contributed by atoms with E-state index in [1.54, 1.807) is 0 Å². The molecule has 0 aliphatic heterocycles. The Labute approximate surface area is 107 Å². The molecule has 1 heterocycles. The van der Waals surface area contributed by atoms with E-state index >= 15 is 0 Å². The van der Waals surface area contributed by atoms with Crippen molar-refractivity contribution >= 4 is 15.9 Å². The lowest BCUT2D eigenvalue weighted by Crippen LogP contribution is -2.18. The molecule has 0 saturated carbocycles. The highest BCUT2D eigenvalue weighted by Gasteiger charge is 2.04. The highest BCUT2D eigenvalue weighted by molar-refractivity contribution is 9.10. The van der Waals surface area contributed by atoms with E-state index in [0.29, 0.717) is 5.92 Å². The van der Waals surface area contributed by atoms with Crippen LogP contribution in [0.4, 0.5) is 0 Å². The maximum Gasteiger partial charge on any atom is 0.0413 e. The summed E-state index contributed by atoms with van der Waals surface area (Å²) in [5.41, 5.74) is 1.19. The van der Waals surface area contributed by atoms with Crippen LogP contribution < -0.4 is 5.32 Å². The number of nitrogens with zero attached hydrogens (tertiary/aromatic N) is 1. The third-order valence-corrected chi connectivity index (χ3v) is 3.06. The minimum atomic E-state index is 0.693. The zero-order valence-electron chi connectivity index (χ0n) is 10.2. The standard InChI is InChI=1S/C13H21BrN2/c1-3-7-15-8-6-11(2)9-13-5-4-12(14)10-16-13/h4-5,10-11,15H,3,6-9H2,1-2H3. The average molecular weight is 285 g/mol. The Bertz CT molecular complexity index is 284. The summed E-state index contributed by atoms with van der Waals surface area (Å²) < 4.78 is 1.05. The van der Waals surface area contributed by atoms with Crippen LogP contribution in [0, 0.1) is 5.92 Å². The van der Waals surface area contributed by atoms with Gasteiger partial charge in [0.05, 0.1) is 0 Å². The van der Waals surface area contributed by atoms with Crippen molar-refractivity contribution in [2.24, 2.45) is 5.92 Å². The summed E-state index contributed by atoms with van der Waals surface area (Å²) in [6.45, 7) is 6.73. The predicted octanol–water partition coefficient (Wildman–Crippen LogP) is 3.41. The van der Waals surface area contributed by atoms with Gasteiger partial charge in [-0.15, -0.1) is 0 Å². The fraction of sp³-hybridized carbons (Fsp3) is 0.615. The summed E-state index contributed by atoms with van der Waals surface area (Å²) in [5, 5.41) is 3.43. The minimum absolute atomic E-state index is 0.693. The molecule has 1 aromatic heterocycles. The first-order valence-electron chi connectivity index (χ1n) is 6.03. The molecule has 0 aliphatic rings. The molecule has 2 nitrogen and oxygen atoms in total. The second-order valence-corrected chi connectivity index (χ2v) is 5.23. The van der Waals surface area contributed by atoms with Crippen molar-refractivity contribution in [3.05, 3.63) is 28.5 Å². The van der Waals surface area contributed by atoms with Crippen LogP contribution in [0.25, 0.3) is 0 Å². The summed E-state index contributed by atoms with van der Waals surface area (Å²) in [5.74, 6) is 0.693. The number of rotatable bonds is 7. The number of hydrogen-bond acceptors (Lipinski definition) is 2. The Morgan fingerprint density at radius 3 is 2.81 bits per heavy atom. The Balaban J connectivity index is 2.23. The maximum atomic E-state index is 4.40. The lowest BCUT2D eigenvalue weighted by molar-refractivity contribution is 0.494. The summed E-state index contributed by atoms with van der Waals surface area (Å²) in [6, 6.07) is 4.16. The molecular weight excluding hydrogens is 264 g/mol. The number of hydrogen-bond donors (Lipinski definition) is 1. The number of halogens is 1. The van der Waals surface area contributed by atoms with Gasteiger partial charge >= 0.3 is 0 Å². The van der Waals surface area contributed by atoms with Gasteiger partial charge in [0.15, 0.2) is 0 Å². The summed E-state index contributed by atoms with van der Waals surface area (Å²) in [6.07, 6.45) is 5.37. The van der Waals surface area contributed by atoms with Gasteiger partial charge in [-0.1, -0.05) is 13.8 Å². The van der Waals surface area contributed by atoms with E-state index in [-0.39, 0.29) is 0 Å². The van der Waals surface area contributed by atoms with Gasteiger partial charge in [-0.2, -0.15) is 0 Å². The summed E-state index contributed by atoms with van der Waals surface area (Å²) in [7, 11) is 0. The average Bonchev–Trinajstić information content (AvgIpc) is 2.28. The van der Waals surface area contributed by atoms with Gasteiger partial charge in [-0.25, -0.2) is 0 Å². The van der Waals surface area contributed by atoms with Crippen molar-refractivity contribution in [1.29, 1.82) is 0 Å². The molecule has 3 heteroatoms. The largest absolute Gasteiger partial charge is 0.317 e. The Kier molecular flexibility index (Phi) is 6.65. The van der Waals surface area contributed by atoms with Crippen molar-refractivity contribution < 1.29 is 0 Å². The quantitative estimate of drug-likeness (QED) is 0.777. The van der Waals surface area contributed by atoms with Crippen LogP contribution in [-0.4, -0.2) is 18.1 Å². The van der Waals surface area contributed by atoms with E-state index in [9.17, 15) is 0 Å². The monoisotopic (exact) mass is 284 g/mol. The third-order valence-electron chi connectivity index (χ3n) is 2.59. The van der Waals surface area contributed by atoms with Crippen molar-refractivity contribution in [2.75, 3.05) is 13.1 Å². The van der Waals surface area contributed by atoms with Gasteiger partial charge in [-0.3, -0.25) is 4.98 Å². The van der Waals surface area contributed by atoms with Crippen molar-refractivity contribution in [3.8, 4) is 0 Å². The Hall–Kier alpha value is -0.410. The number of nitrogens with one attached hydrogen (secondary N) is 1. The topological polar surface area (TPSA) is 24.9 Å². The van der Waals surface area contributed by atoms with Crippen LogP contribution in [0.2, 0.25) is 0 Å². The normalized spacial score (nSPS) is 12.7. The molecule has 1 N–H and O–H groups in total. The van der Waals surface area contributed by atoms with E-state index in [0.717, 1.165) is 24.0 Å². The predicted molar refractivity (Wildman–Crippen MR) is 72.6 cm³/mol. The zero-order chi connectivity index (χ0) is 11.8. The van der Waals surface area contributed by atoms with Crippen LogP contribution in [-0.2, 0) is 6.42 Å². The second kappa shape index (κ2) is 7.80. The molecule has 0 amide bonds. The van der Waals surface area contributed by atoms with E-state index in [2.05, 4.69) is 52.2 Å². The van der Waals surface area contributed by atoms with Crippen molar-refractivity contribution in [1.82, 2.24) is 10.3 Å². The highest BCUT2D eigenvalue weighted by atomic mass is 79.9. The molecule has 1 rings (SSSR count). The van der Waals surface area contributed by atoms with Crippen LogP contribution in [0.3, 0.4) is 0 Å². The molecule has 0 saturated heterocycles. The van der Waals surface area contributed by atoms with E-state index in [4.69, 9.17) is 0 Å². The molecule has 0 fully saturated rings. The summed E-state index contributed by atoms with van der Waals surface area (Å²) >= 11 is 3.40. The minimum Gasteiger partial charge on any atom is -0.317 e. The first-order valence-corrected chi connectivity index (χ1v) is 6.82. The molecular formula is C13H21BrN2. The highest BCUT2D eigenvalue weighted by Crippen LogP contribution is 2.12. The molecule has 0 aromatic carbocycles. The van der Waals surface area contributed by atoms with Crippen LogP contribution >= 0.6 is 15.9 Å². The lowest BCUT2D eigenvalue weighted by atomic mass is 10.0. The molecule has 1 unspecified atom stereocenters. The van der Waals surface area contributed by atoms with Gasteiger partial charge in [0.2, 0.25) is 0 Å². The number of aromatic nitrogens is 1. The molecule has 0 radical (unpaired) electrons. The van der Waals surface area contributed by atoms with E-state index in [1.807, 2.05) is 6.20 Å². The van der Waals surface area contributed by atoms with E-state index in [1.165, 1.54) is 18.5 Å². The maximum absolute atomic E-state index is 4.40. The molecule has 90 valence electrons. The molecule has 1 aromatic rings. The summed E-state index contributed by atoms with van der Waals surface area (Å²) in [4.78, 5) is 4.40.